The number of carbonyl (C=O) groups is 1. The van der Waals surface area contributed by atoms with Crippen LogP contribution < -0.4 is 5.56 Å². The maximum absolute atomic E-state index is 12.5. The molecule has 104 valence electrons. The number of benzene rings is 1. The molecular formula is C14H11Cl2NO3. The molecule has 1 aliphatic heterocycles. The monoisotopic (exact) mass is 311 g/mol. The molecule has 0 fully saturated rings. The summed E-state index contributed by atoms with van der Waals surface area (Å²) in [5, 5.41) is 10.7. The molecule has 1 aromatic carbocycles. The number of ketones is 1. The van der Waals surface area contributed by atoms with Crippen LogP contribution in [0.2, 0.25) is 0 Å². The first-order valence-corrected chi connectivity index (χ1v) is 7.02. The second-order valence-corrected chi connectivity index (χ2v) is 6.03. The van der Waals surface area contributed by atoms with Crippen LogP contribution in [0.25, 0.3) is 10.9 Å². The van der Waals surface area contributed by atoms with Gasteiger partial charge in [-0.25, -0.2) is 0 Å². The first-order valence-electron chi connectivity index (χ1n) is 6.15. The van der Waals surface area contributed by atoms with E-state index in [0.29, 0.717) is 17.3 Å². The minimum atomic E-state index is -1.38. The van der Waals surface area contributed by atoms with Gasteiger partial charge in [0.25, 0.3) is 5.56 Å². The molecule has 0 aliphatic carbocycles. The van der Waals surface area contributed by atoms with Crippen molar-refractivity contribution in [3.8, 4) is 5.75 Å². The Morgan fingerprint density at radius 1 is 1.45 bits per heavy atom. The van der Waals surface area contributed by atoms with E-state index in [1.54, 1.807) is 12.1 Å². The third kappa shape index (κ3) is 1.68. The Morgan fingerprint density at radius 2 is 2.15 bits per heavy atom. The van der Waals surface area contributed by atoms with Crippen molar-refractivity contribution in [2.45, 2.75) is 24.2 Å². The number of halogens is 2. The molecule has 2 aromatic rings. The minimum Gasteiger partial charge on any atom is -0.506 e. The van der Waals surface area contributed by atoms with E-state index < -0.39 is 16.2 Å². The zero-order valence-corrected chi connectivity index (χ0v) is 12.1. The van der Waals surface area contributed by atoms with Crippen molar-refractivity contribution in [3.63, 3.8) is 0 Å². The molecule has 1 atom stereocenters. The fraction of sp³-hybridized carbons (Fsp3) is 0.286. The van der Waals surface area contributed by atoms with Gasteiger partial charge in [-0.2, -0.15) is 0 Å². The Balaban J connectivity index is 2.48. The van der Waals surface area contributed by atoms with Gasteiger partial charge in [-0.05, 0) is 25.0 Å². The molecular weight excluding hydrogens is 301 g/mol. The quantitative estimate of drug-likeness (QED) is 0.685. The highest BCUT2D eigenvalue weighted by Crippen LogP contribution is 2.36. The number of aromatic nitrogens is 1. The largest absolute Gasteiger partial charge is 0.506 e. The van der Waals surface area contributed by atoms with Gasteiger partial charge in [-0.3, -0.25) is 9.59 Å². The Morgan fingerprint density at radius 3 is 2.80 bits per heavy atom. The van der Waals surface area contributed by atoms with Crippen LogP contribution in [-0.4, -0.2) is 20.3 Å². The van der Waals surface area contributed by atoms with Crippen molar-refractivity contribution in [3.05, 3.63) is 39.7 Å². The van der Waals surface area contributed by atoms with E-state index in [4.69, 9.17) is 23.2 Å². The summed E-state index contributed by atoms with van der Waals surface area (Å²) in [6.45, 7) is 1.89. The van der Waals surface area contributed by atoms with E-state index >= 15 is 0 Å². The number of aromatic hydroxyl groups is 1. The van der Waals surface area contributed by atoms with Crippen LogP contribution in [0.3, 0.4) is 0 Å². The number of hydrogen-bond acceptors (Lipinski definition) is 3. The van der Waals surface area contributed by atoms with Gasteiger partial charge in [0.15, 0.2) is 4.84 Å². The molecule has 4 nitrogen and oxygen atoms in total. The Labute approximate surface area is 124 Å². The van der Waals surface area contributed by atoms with Crippen LogP contribution in [0.1, 0.15) is 28.9 Å². The number of para-hydroxylation sites is 1. The topological polar surface area (TPSA) is 59.3 Å². The van der Waals surface area contributed by atoms with Crippen molar-refractivity contribution in [1.29, 1.82) is 0 Å². The molecule has 0 amide bonds. The number of Topliss-reactive ketones (excluding diaryl/α,β-unsaturated/α-hetero) is 1. The van der Waals surface area contributed by atoms with Gasteiger partial charge >= 0.3 is 0 Å². The van der Waals surface area contributed by atoms with Crippen LogP contribution in [0.15, 0.2) is 23.0 Å². The zero-order chi connectivity index (χ0) is 14.6. The van der Waals surface area contributed by atoms with E-state index in [9.17, 15) is 14.7 Å². The number of nitrogens with zero attached hydrogens (tertiary/aromatic N) is 1. The Hall–Kier alpha value is -1.52. The lowest BCUT2D eigenvalue weighted by atomic mass is 10.1. The summed E-state index contributed by atoms with van der Waals surface area (Å²) in [6.07, 6.45) is 0.689. The molecule has 0 bridgehead atoms. The average molecular weight is 312 g/mol. The third-order valence-electron chi connectivity index (χ3n) is 3.69. The summed E-state index contributed by atoms with van der Waals surface area (Å²) >= 11 is 11.1. The summed E-state index contributed by atoms with van der Waals surface area (Å²) < 4.78 is 1.54. The summed E-state index contributed by atoms with van der Waals surface area (Å²) in [4.78, 5) is 23.1. The molecule has 0 spiro atoms. The van der Waals surface area contributed by atoms with E-state index in [1.807, 2.05) is 13.0 Å². The molecule has 20 heavy (non-hydrogen) atoms. The maximum Gasteiger partial charge on any atom is 0.266 e. The number of hydrogen-bond donors (Lipinski definition) is 1. The van der Waals surface area contributed by atoms with Crippen LogP contribution in [0.5, 0.6) is 5.75 Å². The lowest BCUT2D eigenvalue weighted by molar-refractivity contribution is 0.100. The van der Waals surface area contributed by atoms with Crippen molar-refractivity contribution >= 4 is 39.9 Å². The standard InChI is InChI=1S/C14H11Cl2NO3/c1-6-5-7-3-2-4-8-10(7)17(6)14(20)9(11(8)18)12(19)13(15)16/h2-4,6,13,18H,5H2,1H3. The Kier molecular flexibility index (Phi) is 3.03. The number of carbonyl (C=O) groups excluding carboxylic acids is 1. The number of rotatable bonds is 2. The molecule has 0 saturated heterocycles. The number of alkyl halides is 2. The molecule has 1 aliphatic rings. The molecule has 1 aromatic heterocycles. The fourth-order valence-electron chi connectivity index (χ4n) is 2.85. The van der Waals surface area contributed by atoms with E-state index in [2.05, 4.69) is 0 Å². The smallest absolute Gasteiger partial charge is 0.266 e. The van der Waals surface area contributed by atoms with Crippen molar-refractivity contribution < 1.29 is 9.90 Å². The van der Waals surface area contributed by atoms with Gasteiger partial charge in [-0.1, -0.05) is 35.3 Å². The highest BCUT2D eigenvalue weighted by molar-refractivity contribution is 6.55. The van der Waals surface area contributed by atoms with Crippen molar-refractivity contribution in [2.24, 2.45) is 0 Å². The first-order chi connectivity index (χ1) is 9.43. The summed E-state index contributed by atoms with van der Waals surface area (Å²) in [7, 11) is 0. The predicted octanol–water partition coefficient (Wildman–Crippen LogP) is 2.81. The second kappa shape index (κ2) is 4.50. The van der Waals surface area contributed by atoms with Gasteiger partial charge in [-0.15, -0.1) is 0 Å². The predicted molar refractivity (Wildman–Crippen MR) is 78.1 cm³/mol. The zero-order valence-electron chi connectivity index (χ0n) is 10.6. The second-order valence-electron chi connectivity index (χ2n) is 4.93. The third-order valence-corrected chi connectivity index (χ3v) is 4.08. The summed E-state index contributed by atoms with van der Waals surface area (Å²) in [5.74, 6) is -1.11. The van der Waals surface area contributed by atoms with Gasteiger partial charge in [0.1, 0.15) is 11.3 Å². The highest BCUT2D eigenvalue weighted by Gasteiger charge is 2.30. The molecule has 1 unspecified atom stereocenters. The first kappa shape index (κ1) is 13.5. The molecule has 6 heteroatoms. The lowest BCUT2D eigenvalue weighted by Crippen LogP contribution is -2.29. The molecule has 0 saturated carbocycles. The SMILES string of the molecule is CC1Cc2cccc3c(O)c(C(=O)C(Cl)Cl)c(=O)n1c23. The lowest BCUT2D eigenvalue weighted by Gasteiger charge is -2.13. The molecule has 2 heterocycles. The molecule has 1 N–H and O–H groups in total. The van der Waals surface area contributed by atoms with Gasteiger partial charge in [0, 0.05) is 11.4 Å². The highest BCUT2D eigenvalue weighted by atomic mass is 35.5. The van der Waals surface area contributed by atoms with Gasteiger partial charge in [0.2, 0.25) is 5.78 Å². The van der Waals surface area contributed by atoms with Crippen LogP contribution in [-0.2, 0) is 6.42 Å². The Bertz CT molecular complexity index is 795. The van der Waals surface area contributed by atoms with Gasteiger partial charge < -0.3 is 9.67 Å². The van der Waals surface area contributed by atoms with E-state index in [1.165, 1.54) is 4.57 Å². The van der Waals surface area contributed by atoms with Crippen LogP contribution in [0.4, 0.5) is 0 Å². The van der Waals surface area contributed by atoms with Crippen LogP contribution >= 0.6 is 23.2 Å². The van der Waals surface area contributed by atoms with Gasteiger partial charge in [0.05, 0.1) is 5.52 Å². The van der Waals surface area contributed by atoms with Crippen molar-refractivity contribution in [1.82, 2.24) is 4.57 Å². The normalized spacial score (nSPS) is 17.1. The van der Waals surface area contributed by atoms with E-state index in [-0.39, 0.29) is 17.4 Å². The minimum absolute atomic E-state index is 0.0707. The fourth-order valence-corrected chi connectivity index (χ4v) is 3.07. The molecule has 3 rings (SSSR count). The molecule has 0 radical (unpaired) electrons. The van der Waals surface area contributed by atoms with Crippen molar-refractivity contribution in [2.75, 3.05) is 0 Å². The van der Waals surface area contributed by atoms with E-state index in [0.717, 1.165) is 5.56 Å². The van der Waals surface area contributed by atoms with Crippen LogP contribution in [0, 0.1) is 0 Å². The average Bonchev–Trinajstić information content (AvgIpc) is 2.73. The summed E-state index contributed by atoms with van der Waals surface area (Å²) in [6, 6.07) is 5.31. The maximum atomic E-state index is 12.5. The number of pyridine rings is 1. The summed E-state index contributed by atoms with van der Waals surface area (Å²) in [5.41, 5.74) is 0.789.